The van der Waals surface area contributed by atoms with E-state index < -0.39 is 17.6 Å². The Kier molecular flexibility index (Phi) is 10.1. The van der Waals surface area contributed by atoms with Crippen LogP contribution in [-0.2, 0) is 22.5 Å². The van der Waals surface area contributed by atoms with Crippen molar-refractivity contribution in [2.75, 3.05) is 19.8 Å². The lowest BCUT2D eigenvalue weighted by Crippen LogP contribution is -2.48. The number of carbonyl (C=O) groups excluding carboxylic acids is 1. The van der Waals surface area contributed by atoms with Crippen molar-refractivity contribution < 1.29 is 23.8 Å². The van der Waals surface area contributed by atoms with Crippen LogP contribution in [0.4, 0.5) is 4.39 Å². The molecule has 0 saturated heterocycles. The number of benzene rings is 3. The number of nitrogens with one attached hydrogen (secondary N) is 1. The number of hydrogen-bond donors (Lipinski definition) is 2. The number of ether oxygens (including phenoxy) is 2. The zero-order valence-electron chi connectivity index (χ0n) is 22.6. The molecule has 0 aromatic heterocycles. The predicted molar refractivity (Wildman–Crippen MR) is 154 cm³/mol. The maximum absolute atomic E-state index is 14.2. The van der Waals surface area contributed by atoms with Crippen LogP contribution in [0.3, 0.4) is 0 Å². The Bertz CT molecular complexity index is 1440. The highest BCUT2D eigenvalue weighted by atomic mass is 19.1. The van der Waals surface area contributed by atoms with E-state index in [1.54, 1.807) is 48.5 Å². The Hall–Kier alpha value is -4.66. The summed E-state index contributed by atoms with van der Waals surface area (Å²) in [5.41, 5.74) is 10.0. The van der Waals surface area contributed by atoms with E-state index in [-0.39, 0.29) is 37.8 Å². The first-order valence-corrected chi connectivity index (χ1v) is 13.3. The third kappa shape index (κ3) is 6.92. The molecule has 3 aromatic carbocycles. The maximum atomic E-state index is 14.2. The number of nitrogens with zero attached hydrogens (tertiary/aromatic N) is 4. The van der Waals surface area contributed by atoms with Gasteiger partial charge in [0.1, 0.15) is 11.6 Å². The fourth-order valence-electron chi connectivity index (χ4n) is 4.72. The molecule has 1 aliphatic rings. The Morgan fingerprint density at radius 1 is 1.17 bits per heavy atom. The summed E-state index contributed by atoms with van der Waals surface area (Å²) in [5.74, 6) is 0.166. The zero-order chi connectivity index (χ0) is 29.1. The number of aliphatic imine (C=N–C) groups is 1. The molecule has 2 atom stereocenters. The number of aliphatic hydroxyl groups excluding tert-OH is 1. The van der Waals surface area contributed by atoms with Crippen LogP contribution in [-0.4, -0.2) is 42.2 Å². The third-order valence-corrected chi connectivity index (χ3v) is 6.77. The number of aliphatic hydroxyl groups is 1. The Balaban J connectivity index is 1.68. The van der Waals surface area contributed by atoms with Crippen LogP contribution in [0, 0.1) is 5.82 Å². The van der Waals surface area contributed by atoms with Crippen molar-refractivity contribution in [1.29, 1.82) is 0 Å². The first-order valence-electron chi connectivity index (χ1n) is 13.3. The molecule has 1 heterocycles. The van der Waals surface area contributed by atoms with Gasteiger partial charge in [-0.3, -0.25) is 4.79 Å². The molecule has 0 spiro atoms. The first kappa shape index (κ1) is 29.3. The molecule has 4 rings (SSSR count). The van der Waals surface area contributed by atoms with E-state index in [4.69, 9.17) is 25.1 Å². The summed E-state index contributed by atoms with van der Waals surface area (Å²) in [7, 11) is 0. The van der Waals surface area contributed by atoms with Gasteiger partial charge < -0.3 is 19.9 Å². The summed E-state index contributed by atoms with van der Waals surface area (Å²) in [4.78, 5) is 21.7. The van der Waals surface area contributed by atoms with Crippen molar-refractivity contribution in [3.63, 3.8) is 0 Å². The summed E-state index contributed by atoms with van der Waals surface area (Å²) in [6.45, 7) is 4.56. The van der Waals surface area contributed by atoms with Gasteiger partial charge in [-0.05, 0) is 59.0 Å². The summed E-state index contributed by atoms with van der Waals surface area (Å²) in [6.07, 6.45) is 1.74. The average molecular weight is 558 g/mol. The van der Waals surface area contributed by atoms with Crippen LogP contribution in [0.25, 0.3) is 10.4 Å². The lowest BCUT2D eigenvalue weighted by atomic mass is 9.82. The normalized spacial score (nSPS) is 17.6. The summed E-state index contributed by atoms with van der Waals surface area (Å²) in [6, 6.07) is 20.8. The molecule has 0 aliphatic carbocycles. The van der Waals surface area contributed by atoms with Crippen LogP contribution in [0.2, 0.25) is 0 Å². The lowest BCUT2D eigenvalue weighted by Gasteiger charge is -2.30. The summed E-state index contributed by atoms with van der Waals surface area (Å²) in [5, 5.41) is 15.6. The van der Waals surface area contributed by atoms with Gasteiger partial charge in [-0.15, -0.1) is 6.58 Å². The molecule has 10 heteroatoms. The van der Waals surface area contributed by atoms with Crippen LogP contribution in [0.5, 0.6) is 5.75 Å². The Morgan fingerprint density at radius 2 is 1.90 bits per heavy atom. The molecule has 212 valence electrons. The van der Waals surface area contributed by atoms with Crippen molar-refractivity contribution in [3.8, 4) is 5.75 Å². The van der Waals surface area contributed by atoms with Crippen molar-refractivity contribution in [2.45, 2.75) is 37.5 Å². The monoisotopic (exact) mass is 557 g/mol. The Morgan fingerprint density at radius 3 is 2.61 bits per heavy atom. The lowest BCUT2D eigenvalue weighted by molar-refractivity contribution is -0.128. The maximum Gasteiger partial charge on any atom is 0.252 e. The predicted octanol–water partition coefficient (Wildman–Crippen LogP) is 5.59. The molecule has 41 heavy (non-hydrogen) atoms. The molecule has 9 nitrogen and oxygen atoms in total. The molecule has 0 bridgehead atoms. The van der Waals surface area contributed by atoms with Gasteiger partial charge in [0.25, 0.3) is 5.91 Å². The number of amides is 1. The number of carbonyl (C=O) groups is 1. The molecular weight excluding hydrogens is 525 g/mol. The van der Waals surface area contributed by atoms with E-state index in [9.17, 15) is 9.18 Å². The van der Waals surface area contributed by atoms with Gasteiger partial charge in [-0.25, -0.2) is 9.38 Å². The topological polar surface area (TPSA) is 129 Å². The van der Waals surface area contributed by atoms with Crippen molar-refractivity contribution in [3.05, 3.63) is 124 Å². The highest BCUT2D eigenvalue weighted by Gasteiger charge is 2.52. The molecule has 3 aromatic rings. The van der Waals surface area contributed by atoms with Gasteiger partial charge in [0.05, 0.1) is 13.2 Å². The summed E-state index contributed by atoms with van der Waals surface area (Å²) >= 11 is 0. The fourth-order valence-corrected chi connectivity index (χ4v) is 4.72. The quantitative estimate of drug-likeness (QED) is 0.0880. The highest BCUT2D eigenvalue weighted by Crippen LogP contribution is 2.44. The van der Waals surface area contributed by atoms with E-state index in [0.29, 0.717) is 47.5 Å². The minimum absolute atomic E-state index is 0.0407. The molecule has 0 fully saturated rings. The zero-order valence-corrected chi connectivity index (χ0v) is 22.6. The minimum atomic E-state index is -1.42. The number of halogens is 1. The second kappa shape index (κ2) is 14.1. The van der Waals surface area contributed by atoms with Crippen LogP contribution >= 0.6 is 0 Å². The van der Waals surface area contributed by atoms with Gasteiger partial charge in [0.2, 0.25) is 5.90 Å². The molecule has 0 radical (unpaired) electrons. The minimum Gasteiger partial charge on any atom is -0.494 e. The first-order chi connectivity index (χ1) is 20.0. The van der Waals surface area contributed by atoms with Crippen molar-refractivity contribution in [2.24, 2.45) is 10.1 Å². The average Bonchev–Trinajstić information content (AvgIpc) is 3.38. The van der Waals surface area contributed by atoms with Crippen LogP contribution in [0.1, 0.15) is 41.2 Å². The van der Waals surface area contributed by atoms with Crippen LogP contribution in [0.15, 0.2) is 95.6 Å². The molecule has 0 unspecified atom stereocenters. The van der Waals surface area contributed by atoms with E-state index in [2.05, 4.69) is 21.9 Å². The number of rotatable bonds is 14. The fraction of sp³-hybridized carbons (Fsp3) is 0.290. The third-order valence-electron chi connectivity index (χ3n) is 6.77. The largest absolute Gasteiger partial charge is 0.494 e. The number of hydrogen-bond acceptors (Lipinski definition) is 6. The molecule has 0 saturated carbocycles. The van der Waals surface area contributed by atoms with E-state index in [1.165, 1.54) is 6.07 Å². The van der Waals surface area contributed by atoms with Gasteiger partial charge in [-0.1, -0.05) is 53.7 Å². The van der Waals surface area contributed by atoms with Crippen molar-refractivity contribution >= 4 is 11.8 Å². The summed E-state index contributed by atoms with van der Waals surface area (Å²) < 4.78 is 26.2. The number of azide groups is 1. The molecule has 1 aliphatic heterocycles. The van der Waals surface area contributed by atoms with E-state index in [0.717, 1.165) is 0 Å². The van der Waals surface area contributed by atoms with Gasteiger partial charge in [0.15, 0.2) is 11.6 Å². The second-order valence-electron chi connectivity index (χ2n) is 9.47. The highest BCUT2D eigenvalue weighted by molar-refractivity contribution is 6.01. The standard InChI is InChI=1S/C31H32FN5O4/c1-2-17-31(30(39)34-18-16-22-8-4-6-11-27(22)32)28(26-10-5-3-9-24(26)21-35-37-33)41-29(36-31)23-12-14-25(15-13-23)40-20-7-19-38/h2-6,8-15,28,38H,1,7,16-21H2,(H,34,39)/t28-,31-/m1/s1. The van der Waals surface area contributed by atoms with E-state index >= 15 is 0 Å². The second-order valence-corrected chi connectivity index (χ2v) is 9.47. The SMILES string of the molecule is C=CC[C@@]1(C(=O)NCCc2ccccc2F)N=C(c2ccc(OCCCO)cc2)O[C@@H]1c1ccccc1CN=[N+]=[N-]. The van der Waals surface area contributed by atoms with Gasteiger partial charge in [-0.2, -0.15) is 0 Å². The molecule has 1 amide bonds. The Labute approximate surface area is 238 Å². The molecule has 2 N–H and O–H groups in total. The van der Waals surface area contributed by atoms with Gasteiger partial charge in [0, 0.05) is 36.5 Å². The smallest absolute Gasteiger partial charge is 0.252 e. The van der Waals surface area contributed by atoms with Gasteiger partial charge >= 0.3 is 0 Å². The van der Waals surface area contributed by atoms with E-state index in [1.807, 2.05) is 24.3 Å². The van der Waals surface area contributed by atoms with Crippen molar-refractivity contribution in [1.82, 2.24) is 5.32 Å². The van der Waals surface area contributed by atoms with Crippen LogP contribution < -0.4 is 10.1 Å². The molecular formula is C31H32FN5O4.